The van der Waals surface area contributed by atoms with Crippen LogP contribution in [0.4, 0.5) is 10.1 Å². The van der Waals surface area contributed by atoms with Crippen LogP contribution in [0.25, 0.3) is 0 Å². The van der Waals surface area contributed by atoms with Crippen molar-refractivity contribution < 1.29 is 9.18 Å². The third-order valence-electron chi connectivity index (χ3n) is 3.93. The predicted molar refractivity (Wildman–Crippen MR) is 67.2 cm³/mol. The summed E-state index contributed by atoms with van der Waals surface area (Å²) in [5.41, 5.74) is 6.68. The van der Waals surface area contributed by atoms with E-state index in [4.69, 9.17) is 5.73 Å². The number of rotatable bonds is 2. The summed E-state index contributed by atoms with van der Waals surface area (Å²) in [7, 11) is 0. The standard InChI is InChI=1S/C14H15FN2O/c15-10-3-5-11(6-4-10)17-14(18)12-8-1-2-9(7-8)13(12)16/h1-6,8-9,12-13H,7,16H2,(H,17,18). The molecule has 0 aromatic heterocycles. The number of benzene rings is 1. The molecule has 0 saturated heterocycles. The van der Waals surface area contributed by atoms with Crippen molar-refractivity contribution in [2.45, 2.75) is 12.5 Å². The number of carbonyl (C=O) groups excluding carboxylic acids is 1. The third-order valence-corrected chi connectivity index (χ3v) is 3.93. The summed E-state index contributed by atoms with van der Waals surface area (Å²) in [6, 6.07) is 5.68. The van der Waals surface area contributed by atoms with E-state index >= 15 is 0 Å². The molecule has 18 heavy (non-hydrogen) atoms. The van der Waals surface area contributed by atoms with E-state index in [0.29, 0.717) is 11.6 Å². The van der Waals surface area contributed by atoms with Crippen LogP contribution in [0.1, 0.15) is 6.42 Å². The normalized spacial score (nSPS) is 32.8. The number of hydrogen-bond donors (Lipinski definition) is 2. The second-order valence-corrected chi connectivity index (χ2v) is 5.05. The van der Waals surface area contributed by atoms with Crippen molar-refractivity contribution in [1.82, 2.24) is 0 Å². The van der Waals surface area contributed by atoms with Gasteiger partial charge in [-0.3, -0.25) is 4.79 Å². The van der Waals surface area contributed by atoms with Crippen LogP contribution < -0.4 is 11.1 Å². The fraction of sp³-hybridized carbons (Fsp3) is 0.357. The Labute approximate surface area is 105 Å². The van der Waals surface area contributed by atoms with Crippen LogP contribution in [0.15, 0.2) is 36.4 Å². The maximum absolute atomic E-state index is 12.8. The SMILES string of the molecule is NC1C2C=CC(C2)C1C(=O)Nc1ccc(F)cc1. The van der Waals surface area contributed by atoms with E-state index in [1.165, 1.54) is 12.1 Å². The Hall–Kier alpha value is -1.68. The van der Waals surface area contributed by atoms with E-state index in [1.807, 2.05) is 0 Å². The molecule has 3 N–H and O–H groups in total. The second-order valence-electron chi connectivity index (χ2n) is 5.05. The second kappa shape index (κ2) is 4.21. The molecular weight excluding hydrogens is 231 g/mol. The van der Waals surface area contributed by atoms with Crippen molar-refractivity contribution in [1.29, 1.82) is 0 Å². The number of halogens is 1. The van der Waals surface area contributed by atoms with Crippen LogP contribution in [-0.2, 0) is 4.79 Å². The van der Waals surface area contributed by atoms with Gasteiger partial charge in [-0.1, -0.05) is 12.2 Å². The van der Waals surface area contributed by atoms with Gasteiger partial charge >= 0.3 is 0 Å². The minimum atomic E-state index is -0.312. The van der Waals surface area contributed by atoms with Crippen molar-refractivity contribution in [2.24, 2.45) is 23.5 Å². The molecule has 4 heteroatoms. The molecule has 2 bridgehead atoms. The molecule has 0 radical (unpaired) electrons. The van der Waals surface area contributed by atoms with Crippen molar-refractivity contribution in [3.63, 3.8) is 0 Å². The van der Waals surface area contributed by atoms with Crippen LogP contribution in [0, 0.1) is 23.6 Å². The summed E-state index contributed by atoms with van der Waals surface area (Å²) >= 11 is 0. The van der Waals surface area contributed by atoms with Crippen molar-refractivity contribution in [2.75, 3.05) is 5.32 Å². The number of allylic oxidation sites excluding steroid dienone is 1. The highest BCUT2D eigenvalue weighted by Gasteiger charge is 2.46. The number of nitrogens with two attached hydrogens (primary N) is 1. The van der Waals surface area contributed by atoms with Gasteiger partial charge in [0.25, 0.3) is 0 Å². The molecule has 2 aliphatic rings. The first-order valence-corrected chi connectivity index (χ1v) is 6.15. The van der Waals surface area contributed by atoms with Crippen molar-refractivity contribution in [3.05, 3.63) is 42.2 Å². The van der Waals surface area contributed by atoms with Gasteiger partial charge in [0.2, 0.25) is 5.91 Å². The number of anilines is 1. The molecule has 1 saturated carbocycles. The highest BCUT2D eigenvalue weighted by atomic mass is 19.1. The molecule has 2 aliphatic carbocycles. The highest BCUT2D eigenvalue weighted by Crippen LogP contribution is 2.43. The quantitative estimate of drug-likeness (QED) is 0.783. The summed E-state index contributed by atoms with van der Waals surface area (Å²) in [6.07, 6.45) is 5.17. The largest absolute Gasteiger partial charge is 0.326 e. The van der Waals surface area contributed by atoms with E-state index in [1.54, 1.807) is 12.1 Å². The number of fused-ring (bicyclic) bond motifs is 2. The highest BCUT2D eigenvalue weighted by molar-refractivity contribution is 5.93. The van der Waals surface area contributed by atoms with Gasteiger partial charge < -0.3 is 11.1 Å². The van der Waals surface area contributed by atoms with Gasteiger partial charge in [-0.2, -0.15) is 0 Å². The molecular formula is C14H15FN2O. The third kappa shape index (κ3) is 1.82. The lowest BCUT2D eigenvalue weighted by atomic mass is 9.88. The number of nitrogens with one attached hydrogen (secondary N) is 1. The molecule has 94 valence electrons. The molecule has 3 rings (SSSR count). The summed E-state index contributed by atoms with van der Waals surface area (Å²) < 4.78 is 12.8. The van der Waals surface area contributed by atoms with Crippen LogP contribution in [-0.4, -0.2) is 11.9 Å². The lowest BCUT2D eigenvalue weighted by Gasteiger charge is -2.23. The van der Waals surface area contributed by atoms with Crippen LogP contribution in [0.5, 0.6) is 0 Å². The Morgan fingerprint density at radius 2 is 1.89 bits per heavy atom. The van der Waals surface area contributed by atoms with E-state index in [2.05, 4.69) is 17.5 Å². The monoisotopic (exact) mass is 246 g/mol. The van der Waals surface area contributed by atoms with Gasteiger partial charge in [-0.25, -0.2) is 4.39 Å². The Kier molecular flexibility index (Phi) is 2.67. The maximum atomic E-state index is 12.8. The molecule has 0 heterocycles. The zero-order valence-electron chi connectivity index (χ0n) is 9.84. The van der Waals surface area contributed by atoms with Gasteiger partial charge in [0.1, 0.15) is 5.82 Å². The topological polar surface area (TPSA) is 55.1 Å². The molecule has 1 aromatic carbocycles. The number of hydrogen-bond acceptors (Lipinski definition) is 2. The maximum Gasteiger partial charge on any atom is 0.229 e. The smallest absolute Gasteiger partial charge is 0.229 e. The van der Waals surface area contributed by atoms with E-state index in [0.717, 1.165) is 6.42 Å². The van der Waals surface area contributed by atoms with Crippen molar-refractivity contribution in [3.8, 4) is 0 Å². The molecule has 0 spiro atoms. The number of amides is 1. The van der Waals surface area contributed by atoms with Crippen LogP contribution in [0.2, 0.25) is 0 Å². The molecule has 1 amide bonds. The minimum absolute atomic E-state index is 0.0639. The van der Waals surface area contributed by atoms with Gasteiger partial charge in [-0.15, -0.1) is 0 Å². The zero-order valence-corrected chi connectivity index (χ0v) is 9.84. The van der Waals surface area contributed by atoms with Gasteiger partial charge in [0.15, 0.2) is 0 Å². The average molecular weight is 246 g/mol. The molecule has 0 aliphatic heterocycles. The average Bonchev–Trinajstić information content (AvgIpc) is 2.92. The lowest BCUT2D eigenvalue weighted by Crippen LogP contribution is -2.41. The molecule has 1 aromatic rings. The first kappa shape index (κ1) is 11.4. The Morgan fingerprint density at radius 3 is 2.50 bits per heavy atom. The first-order valence-electron chi connectivity index (χ1n) is 6.15. The van der Waals surface area contributed by atoms with Gasteiger partial charge in [-0.05, 0) is 42.5 Å². The van der Waals surface area contributed by atoms with Crippen molar-refractivity contribution >= 4 is 11.6 Å². The Balaban J connectivity index is 1.72. The fourth-order valence-corrected chi connectivity index (χ4v) is 2.99. The summed E-state index contributed by atoms with van der Waals surface area (Å²) in [6.45, 7) is 0. The summed E-state index contributed by atoms with van der Waals surface area (Å²) in [4.78, 5) is 12.2. The van der Waals surface area contributed by atoms with Gasteiger partial charge in [0.05, 0.1) is 5.92 Å². The van der Waals surface area contributed by atoms with Gasteiger partial charge in [0, 0.05) is 11.7 Å². The molecule has 3 nitrogen and oxygen atoms in total. The molecule has 4 unspecified atom stereocenters. The first-order chi connectivity index (χ1) is 8.65. The zero-order chi connectivity index (χ0) is 12.7. The molecule has 1 fully saturated rings. The van der Waals surface area contributed by atoms with Crippen LogP contribution in [0.3, 0.4) is 0 Å². The van der Waals surface area contributed by atoms with Crippen LogP contribution >= 0.6 is 0 Å². The fourth-order valence-electron chi connectivity index (χ4n) is 2.99. The van der Waals surface area contributed by atoms with E-state index < -0.39 is 0 Å². The van der Waals surface area contributed by atoms with E-state index in [-0.39, 0.29) is 29.6 Å². The minimum Gasteiger partial charge on any atom is -0.326 e. The Morgan fingerprint density at radius 1 is 1.22 bits per heavy atom. The Bertz CT molecular complexity index is 497. The van der Waals surface area contributed by atoms with E-state index in [9.17, 15) is 9.18 Å². The predicted octanol–water partition coefficient (Wildman–Crippen LogP) is 1.91. The number of carbonyl (C=O) groups is 1. The summed E-state index contributed by atoms with van der Waals surface area (Å²) in [5, 5.41) is 2.81. The lowest BCUT2D eigenvalue weighted by molar-refractivity contribution is -0.120. The molecule has 4 atom stereocenters. The summed E-state index contributed by atoms with van der Waals surface area (Å²) in [5.74, 6) is 0.0491.